The van der Waals surface area contributed by atoms with Gasteiger partial charge in [-0.1, -0.05) is 6.07 Å². The highest BCUT2D eigenvalue weighted by Gasteiger charge is 2.31. The Kier molecular flexibility index (Phi) is 4.06. The van der Waals surface area contributed by atoms with Crippen LogP contribution >= 0.6 is 0 Å². The second kappa shape index (κ2) is 5.63. The number of carbonyl (C=O) groups excluding carboxylic acids is 1. The summed E-state index contributed by atoms with van der Waals surface area (Å²) in [6, 6.07) is 3.47. The normalized spacial score (nSPS) is 18.0. The van der Waals surface area contributed by atoms with Gasteiger partial charge in [-0.05, 0) is 31.0 Å². The lowest BCUT2D eigenvalue weighted by Gasteiger charge is -2.22. The van der Waals surface area contributed by atoms with E-state index in [-0.39, 0.29) is 17.8 Å². The summed E-state index contributed by atoms with van der Waals surface area (Å²) in [5.74, 6) is -0.311. The Hall–Kier alpha value is -2.25. The van der Waals surface area contributed by atoms with Gasteiger partial charge in [-0.25, -0.2) is 9.80 Å². The summed E-state index contributed by atoms with van der Waals surface area (Å²) >= 11 is 0. The molecule has 0 aromatic heterocycles. The fraction of sp³-hybridized carbons (Fsp3) is 0.385. The first kappa shape index (κ1) is 15.1. The summed E-state index contributed by atoms with van der Waals surface area (Å²) in [6.45, 7) is 1.81. The van der Waals surface area contributed by atoms with Crippen molar-refractivity contribution in [3.05, 3.63) is 29.3 Å². The average molecular weight is 301 g/mol. The van der Waals surface area contributed by atoms with Crippen LogP contribution in [0.4, 0.5) is 18.0 Å². The molecule has 0 fully saturated rings. The molecule has 5 nitrogen and oxygen atoms in total. The number of amides is 2. The van der Waals surface area contributed by atoms with Crippen molar-refractivity contribution >= 4 is 12.2 Å². The van der Waals surface area contributed by atoms with Crippen molar-refractivity contribution in [3.63, 3.8) is 0 Å². The van der Waals surface area contributed by atoms with Crippen LogP contribution in [0, 0.1) is 0 Å². The molecular formula is C13H14F3N3O2. The van der Waals surface area contributed by atoms with E-state index in [1.807, 2.05) is 6.92 Å². The molecule has 1 atom stereocenters. The number of urea groups is 1. The number of halogens is 3. The molecule has 1 aliphatic rings. The topological polar surface area (TPSA) is 53.9 Å². The lowest BCUT2D eigenvalue weighted by Crippen LogP contribution is -2.40. The maximum absolute atomic E-state index is 12.2. The lowest BCUT2D eigenvalue weighted by molar-refractivity contribution is -0.274. The number of hydrazone groups is 1. The Labute approximate surface area is 119 Å². The molecule has 0 radical (unpaired) electrons. The van der Waals surface area contributed by atoms with Gasteiger partial charge in [0.2, 0.25) is 0 Å². The molecule has 21 heavy (non-hydrogen) atoms. The lowest BCUT2D eigenvalue weighted by atomic mass is 10.0. The molecule has 1 aromatic rings. The van der Waals surface area contributed by atoms with Gasteiger partial charge in [0.15, 0.2) is 0 Å². The van der Waals surface area contributed by atoms with Crippen LogP contribution in [-0.4, -0.2) is 36.7 Å². The number of rotatable bonds is 1. The quantitative estimate of drug-likeness (QED) is 0.866. The third-order valence-corrected chi connectivity index (χ3v) is 3.03. The molecule has 1 aromatic carbocycles. The van der Waals surface area contributed by atoms with Crippen LogP contribution in [0.5, 0.6) is 5.75 Å². The number of alkyl halides is 3. The molecular weight excluding hydrogens is 287 g/mol. The highest BCUT2D eigenvalue weighted by molar-refractivity contribution is 5.85. The summed E-state index contributed by atoms with van der Waals surface area (Å²) in [5, 5.41) is 7.73. The van der Waals surface area contributed by atoms with Crippen LogP contribution in [0.3, 0.4) is 0 Å². The molecule has 2 amide bonds. The highest BCUT2D eigenvalue weighted by atomic mass is 19.4. The van der Waals surface area contributed by atoms with Gasteiger partial charge in [0.1, 0.15) is 5.75 Å². The summed E-state index contributed by atoms with van der Waals surface area (Å²) < 4.78 is 40.5. The molecule has 8 heteroatoms. The zero-order valence-corrected chi connectivity index (χ0v) is 11.4. The van der Waals surface area contributed by atoms with Crippen molar-refractivity contribution in [1.29, 1.82) is 0 Å². The monoisotopic (exact) mass is 301 g/mol. The van der Waals surface area contributed by atoms with Gasteiger partial charge in [0, 0.05) is 12.6 Å². The van der Waals surface area contributed by atoms with E-state index in [2.05, 4.69) is 15.2 Å². The number of benzene rings is 1. The van der Waals surface area contributed by atoms with E-state index in [0.717, 1.165) is 5.56 Å². The molecule has 0 bridgehead atoms. The zero-order valence-electron chi connectivity index (χ0n) is 11.4. The molecule has 114 valence electrons. The summed E-state index contributed by atoms with van der Waals surface area (Å²) in [4.78, 5) is 11.7. The largest absolute Gasteiger partial charge is 0.573 e. The smallest absolute Gasteiger partial charge is 0.406 e. The van der Waals surface area contributed by atoms with Crippen molar-refractivity contribution in [1.82, 2.24) is 10.3 Å². The first-order chi connectivity index (χ1) is 9.80. The zero-order chi connectivity index (χ0) is 15.6. The molecule has 1 heterocycles. The summed E-state index contributed by atoms with van der Waals surface area (Å²) in [6.07, 6.45) is -2.90. The van der Waals surface area contributed by atoms with Crippen LogP contribution in [-0.2, 0) is 6.42 Å². The first-order valence-electron chi connectivity index (χ1n) is 6.24. The Morgan fingerprint density at radius 2 is 2.19 bits per heavy atom. The van der Waals surface area contributed by atoms with Crippen molar-refractivity contribution in [3.8, 4) is 5.75 Å². The second-order valence-corrected chi connectivity index (χ2v) is 4.61. The van der Waals surface area contributed by atoms with Gasteiger partial charge < -0.3 is 10.1 Å². The number of fused-ring (bicyclic) bond motifs is 1. The van der Waals surface area contributed by atoms with E-state index >= 15 is 0 Å². The minimum Gasteiger partial charge on any atom is -0.406 e. The third kappa shape index (κ3) is 3.65. The minimum atomic E-state index is -4.74. The fourth-order valence-corrected chi connectivity index (χ4v) is 2.09. The third-order valence-electron chi connectivity index (χ3n) is 3.03. The number of carbonyl (C=O) groups is 1. The number of hydrogen-bond acceptors (Lipinski definition) is 3. The number of hydrogen-bond donors (Lipinski definition) is 1. The van der Waals surface area contributed by atoms with E-state index < -0.39 is 6.36 Å². The molecule has 1 N–H and O–H groups in total. The fourth-order valence-electron chi connectivity index (χ4n) is 2.09. The van der Waals surface area contributed by atoms with Gasteiger partial charge in [-0.3, -0.25) is 0 Å². The molecule has 0 spiro atoms. The minimum absolute atomic E-state index is 0.211. The SMILES string of the molecule is CNC(=O)N1N=Cc2cc(OC(F)(F)F)ccc2CC1C. The highest BCUT2D eigenvalue weighted by Crippen LogP contribution is 2.26. The predicted octanol–water partition coefficient (Wildman–Crippen LogP) is 2.51. The number of nitrogens with one attached hydrogen (secondary N) is 1. The number of nitrogens with zero attached hydrogens (tertiary/aromatic N) is 2. The predicted molar refractivity (Wildman–Crippen MR) is 70.2 cm³/mol. The van der Waals surface area contributed by atoms with Crippen LogP contribution in [0.15, 0.2) is 23.3 Å². The standard InChI is InChI=1S/C13H14F3N3O2/c1-8-5-9-3-4-11(21-13(14,15)16)6-10(9)7-18-19(8)12(20)17-2/h3-4,6-8H,5H2,1-2H3,(H,17,20). The first-order valence-corrected chi connectivity index (χ1v) is 6.24. The molecule has 0 saturated carbocycles. The molecule has 2 rings (SSSR count). The van der Waals surface area contributed by atoms with E-state index in [1.165, 1.54) is 30.4 Å². The van der Waals surface area contributed by atoms with Crippen molar-refractivity contribution in [2.24, 2.45) is 5.10 Å². The molecule has 0 aliphatic carbocycles. The van der Waals surface area contributed by atoms with E-state index in [1.54, 1.807) is 6.07 Å². The Morgan fingerprint density at radius 1 is 1.48 bits per heavy atom. The van der Waals surface area contributed by atoms with Gasteiger partial charge in [0.25, 0.3) is 0 Å². The summed E-state index contributed by atoms with van der Waals surface area (Å²) in [7, 11) is 1.48. The molecule has 1 aliphatic heterocycles. The second-order valence-electron chi connectivity index (χ2n) is 4.61. The summed E-state index contributed by atoms with van der Waals surface area (Å²) in [5.41, 5.74) is 1.29. The molecule has 1 unspecified atom stereocenters. The van der Waals surface area contributed by atoms with Crippen molar-refractivity contribution < 1.29 is 22.7 Å². The van der Waals surface area contributed by atoms with Crippen molar-refractivity contribution in [2.75, 3.05) is 7.05 Å². The Balaban J connectivity index is 2.29. The van der Waals surface area contributed by atoms with E-state index in [0.29, 0.717) is 12.0 Å². The van der Waals surface area contributed by atoms with Gasteiger partial charge in [-0.15, -0.1) is 13.2 Å². The average Bonchev–Trinajstić information content (AvgIpc) is 2.54. The van der Waals surface area contributed by atoms with Gasteiger partial charge >= 0.3 is 12.4 Å². The van der Waals surface area contributed by atoms with Crippen LogP contribution in [0.1, 0.15) is 18.1 Å². The van der Waals surface area contributed by atoms with Crippen LogP contribution in [0.2, 0.25) is 0 Å². The van der Waals surface area contributed by atoms with Crippen LogP contribution in [0.25, 0.3) is 0 Å². The Morgan fingerprint density at radius 3 is 2.81 bits per heavy atom. The van der Waals surface area contributed by atoms with Gasteiger partial charge in [0.05, 0.1) is 12.3 Å². The van der Waals surface area contributed by atoms with Crippen molar-refractivity contribution in [2.45, 2.75) is 25.7 Å². The van der Waals surface area contributed by atoms with E-state index in [9.17, 15) is 18.0 Å². The maximum atomic E-state index is 12.2. The van der Waals surface area contributed by atoms with Gasteiger partial charge in [-0.2, -0.15) is 5.10 Å². The molecule has 0 saturated heterocycles. The Bertz CT molecular complexity index is 572. The van der Waals surface area contributed by atoms with E-state index in [4.69, 9.17) is 0 Å². The number of ether oxygens (including phenoxy) is 1. The van der Waals surface area contributed by atoms with Crippen LogP contribution < -0.4 is 10.1 Å². The maximum Gasteiger partial charge on any atom is 0.573 e.